The highest BCUT2D eigenvalue weighted by Gasteiger charge is 2.50. The van der Waals surface area contributed by atoms with Gasteiger partial charge in [0.15, 0.2) is 5.17 Å². The molecule has 0 aliphatic carbocycles. The smallest absolute Gasteiger partial charge is 0.220 e. The molecular formula is C21H19FN6S. The van der Waals surface area contributed by atoms with Crippen molar-refractivity contribution >= 4 is 22.7 Å². The van der Waals surface area contributed by atoms with E-state index >= 15 is 0 Å². The Hall–Kier alpha value is -3.00. The van der Waals surface area contributed by atoms with Crippen LogP contribution in [0.1, 0.15) is 5.56 Å². The third-order valence-corrected chi connectivity index (χ3v) is 6.55. The Morgan fingerprint density at radius 2 is 2.07 bits per heavy atom. The van der Waals surface area contributed by atoms with Gasteiger partial charge in [0.25, 0.3) is 0 Å². The molecule has 29 heavy (non-hydrogen) atoms. The second-order valence-electron chi connectivity index (χ2n) is 7.25. The lowest BCUT2D eigenvalue weighted by Gasteiger charge is -2.35. The summed E-state index contributed by atoms with van der Waals surface area (Å²) in [6, 6.07) is 11.4. The Morgan fingerprint density at radius 3 is 2.90 bits per heavy atom. The van der Waals surface area contributed by atoms with E-state index in [0.717, 1.165) is 29.2 Å². The second-order valence-corrected chi connectivity index (χ2v) is 8.29. The standard InChI is InChI=1S/C21H19FN6S/c22-19-17(5-2-6-26-19)14-3-1-4-15(9-14)21-13-28(18-10-24-7-8-25-18)11-16(21)12-29-20(23)27-21/h1-10,16H,11-13H2,(H2,23,27)/t16-,21+/m0/s1. The summed E-state index contributed by atoms with van der Waals surface area (Å²) in [4.78, 5) is 19.6. The molecule has 4 heterocycles. The van der Waals surface area contributed by atoms with E-state index in [9.17, 15) is 4.39 Å². The van der Waals surface area contributed by atoms with Crippen LogP contribution >= 0.6 is 11.8 Å². The zero-order chi connectivity index (χ0) is 19.8. The monoisotopic (exact) mass is 406 g/mol. The highest BCUT2D eigenvalue weighted by Crippen LogP contribution is 2.46. The van der Waals surface area contributed by atoms with Crippen molar-refractivity contribution in [3.05, 3.63) is 72.7 Å². The number of aromatic nitrogens is 3. The Labute approximate surface area is 172 Å². The number of aliphatic imine (C=N–C) groups is 1. The summed E-state index contributed by atoms with van der Waals surface area (Å²) >= 11 is 1.58. The molecule has 1 saturated heterocycles. The number of hydrogen-bond acceptors (Lipinski definition) is 7. The molecule has 0 unspecified atom stereocenters. The lowest BCUT2D eigenvalue weighted by Crippen LogP contribution is -2.40. The van der Waals surface area contributed by atoms with Crippen LogP contribution in [0.5, 0.6) is 0 Å². The van der Waals surface area contributed by atoms with Crippen molar-refractivity contribution < 1.29 is 4.39 Å². The molecular weight excluding hydrogens is 387 g/mol. The van der Waals surface area contributed by atoms with Gasteiger partial charge in [-0.25, -0.2) is 15.0 Å². The molecule has 1 fully saturated rings. The number of amidine groups is 1. The number of thioether (sulfide) groups is 1. The second kappa shape index (κ2) is 7.11. The van der Waals surface area contributed by atoms with Crippen molar-refractivity contribution in [1.82, 2.24) is 15.0 Å². The van der Waals surface area contributed by atoms with Crippen molar-refractivity contribution in [1.29, 1.82) is 0 Å². The molecule has 2 aromatic heterocycles. The summed E-state index contributed by atoms with van der Waals surface area (Å²) in [7, 11) is 0. The molecule has 0 saturated carbocycles. The summed E-state index contributed by atoms with van der Waals surface area (Å²) in [5.41, 5.74) is 7.96. The van der Waals surface area contributed by atoms with Gasteiger partial charge in [-0.15, -0.1) is 0 Å². The molecule has 8 heteroatoms. The molecule has 0 radical (unpaired) electrons. The SMILES string of the molecule is NC1=N[C@@]2(c3cccc(-c4cccnc4F)c3)CN(c3cnccn3)C[C@H]2CS1. The van der Waals surface area contributed by atoms with E-state index in [1.54, 1.807) is 42.5 Å². The van der Waals surface area contributed by atoms with Crippen molar-refractivity contribution in [3.8, 4) is 11.1 Å². The minimum Gasteiger partial charge on any atom is -0.379 e. The number of rotatable bonds is 3. The van der Waals surface area contributed by atoms with Crippen molar-refractivity contribution in [2.75, 3.05) is 23.7 Å². The van der Waals surface area contributed by atoms with Crippen molar-refractivity contribution in [2.24, 2.45) is 16.6 Å². The first-order chi connectivity index (χ1) is 14.2. The number of pyridine rings is 1. The summed E-state index contributed by atoms with van der Waals surface area (Å²) in [6.07, 6.45) is 6.59. The van der Waals surface area contributed by atoms with E-state index < -0.39 is 11.5 Å². The van der Waals surface area contributed by atoms with E-state index in [-0.39, 0.29) is 5.92 Å². The lowest BCUT2D eigenvalue weighted by molar-refractivity contribution is 0.388. The summed E-state index contributed by atoms with van der Waals surface area (Å²) in [5.74, 6) is 1.48. The third-order valence-electron chi connectivity index (χ3n) is 5.60. The molecule has 146 valence electrons. The lowest BCUT2D eigenvalue weighted by atomic mass is 9.81. The Kier molecular flexibility index (Phi) is 4.43. The minimum atomic E-state index is -0.498. The molecule has 5 rings (SSSR count). The van der Waals surface area contributed by atoms with Crippen LogP contribution in [0.3, 0.4) is 0 Å². The highest BCUT2D eigenvalue weighted by atomic mass is 32.2. The van der Waals surface area contributed by atoms with E-state index in [4.69, 9.17) is 10.7 Å². The van der Waals surface area contributed by atoms with Gasteiger partial charge in [-0.05, 0) is 29.3 Å². The number of nitrogens with zero attached hydrogens (tertiary/aromatic N) is 5. The van der Waals surface area contributed by atoms with Crippen molar-refractivity contribution in [2.45, 2.75) is 5.54 Å². The fourth-order valence-corrected chi connectivity index (χ4v) is 5.19. The number of nitrogens with two attached hydrogens (primary N) is 1. The third kappa shape index (κ3) is 3.13. The predicted octanol–water partition coefficient (Wildman–Crippen LogP) is 3.07. The fourth-order valence-electron chi connectivity index (χ4n) is 4.21. The van der Waals surface area contributed by atoms with E-state index in [1.165, 1.54) is 6.20 Å². The van der Waals surface area contributed by atoms with Crippen LogP contribution in [0.25, 0.3) is 11.1 Å². The van der Waals surface area contributed by atoms with Crippen LogP contribution < -0.4 is 10.6 Å². The van der Waals surface area contributed by atoms with Gasteiger partial charge in [0.05, 0.1) is 6.20 Å². The Morgan fingerprint density at radius 1 is 1.14 bits per heavy atom. The van der Waals surface area contributed by atoms with Gasteiger partial charge in [0.2, 0.25) is 5.95 Å². The average molecular weight is 406 g/mol. The van der Waals surface area contributed by atoms with Crippen LogP contribution in [0, 0.1) is 11.9 Å². The van der Waals surface area contributed by atoms with Crippen molar-refractivity contribution in [3.63, 3.8) is 0 Å². The van der Waals surface area contributed by atoms with Gasteiger partial charge in [0, 0.05) is 48.9 Å². The maximum atomic E-state index is 14.3. The van der Waals surface area contributed by atoms with Crippen LogP contribution in [0.2, 0.25) is 0 Å². The average Bonchev–Trinajstić information content (AvgIpc) is 3.15. The Balaban J connectivity index is 1.60. The van der Waals surface area contributed by atoms with Gasteiger partial charge in [0.1, 0.15) is 11.4 Å². The van der Waals surface area contributed by atoms with Crippen LogP contribution in [0.4, 0.5) is 10.2 Å². The molecule has 2 atom stereocenters. The largest absolute Gasteiger partial charge is 0.379 e. The first-order valence-corrected chi connectivity index (χ1v) is 10.3. The van der Waals surface area contributed by atoms with E-state index in [0.29, 0.717) is 17.3 Å². The molecule has 2 N–H and O–H groups in total. The molecule has 6 nitrogen and oxygen atoms in total. The zero-order valence-corrected chi connectivity index (χ0v) is 16.4. The number of halogens is 1. The zero-order valence-electron chi connectivity index (χ0n) is 15.6. The van der Waals surface area contributed by atoms with Gasteiger partial charge >= 0.3 is 0 Å². The molecule has 0 bridgehead atoms. The summed E-state index contributed by atoms with van der Waals surface area (Å²) in [6.45, 7) is 1.46. The first kappa shape index (κ1) is 18.1. The summed E-state index contributed by atoms with van der Waals surface area (Å²) < 4.78 is 14.3. The van der Waals surface area contributed by atoms with E-state index in [2.05, 4.69) is 25.9 Å². The number of fused-ring (bicyclic) bond motifs is 1. The maximum Gasteiger partial charge on any atom is 0.220 e. The first-order valence-electron chi connectivity index (χ1n) is 9.36. The number of benzene rings is 1. The molecule has 1 aromatic carbocycles. The number of anilines is 1. The van der Waals surface area contributed by atoms with Gasteiger partial charge in [-0.2, -0.15) is 4.39 Å². The minimum absolute atomic E-state index is 0.260. The molecule has 3 aromatic rings. The molecule has 0 spiro atoms. The van der Waals surface area contributed by atoms with Gasteiger partial charge in [-0.1, -0.05) is 30.0 Å². The van der Waals surface area contributed by atoms with Crippen LogP contribution in [-0.4, -0.2) is 39.0 Å². The number of hydrogen-bond donors (Lipinski definition) is 1. The molecule has 2 aliphatic heterocycles. The Bertz CT molecular complexity index is 1080. The normalized spacial score (nSPS) is 23.6. The molecule has 2 aliphatic rings. The topological polar surface area (TPSA) is 80.3 Å². The van der Waals surface area contributed by atoms with Crippen LogP contribution in [0.15, 0.2) is 66.2 Å². The van der Waals surface area contributed by atoms with Crippen LogP contribution in [-0.2, 0) is 5.54 Å². The van der Waals surface area contributed by atoms with Gasteiger partial charge in [-0.3, -0.25) is 4.98 Å². The summed E-state index contributed by atoms with van der Waals surface area (Å²) in [5, 5.41) is 0.584. The maximum absolute atomic E-state index is 14.3. The fraction of sp³-hybridized carbons (Fsp3) is 0.238. The predicted molar refractivity (Wildman–Crippen MR) is 113 cm³/mol. The van der Waals surface area contributed by atoms with Gasteiger partial charge < -0.3 is 10.6 Å². The quantitative estimate of drug-likeness (QED) is 0.674. The highest BCUT2D eigenvalue weighted by molar-refractivity contribution is 8.13. The van der Waals surface area contributed by atoms with E-state index in [1.807, 2.05) is 18.2 Å². The molecule has 0 amide bonds.